The van der Waals surface area contributed by atoms with Crippen LogP contribution in [0.3, 0.4) is 0 Å². The van der Waals surface area contributed by atoms with E-state index in [-0.39, 0.29) is 10.7 Å². The minimum atomic E-state index is -3.16. The van der Waals surface area contributed by atoms with E-state index in [2.05, 4.69) is 0 Å². The first-order chi connectivity index (χ1) is 5.91. The van der Waals surface area contributed by atoms with Gasteiger partial charge in [0.05, 0.1) is 4.90 Å². The molecule has 1 aromatic carbocycles. The zero-order valence-corrected chi connectivity index (χ0v) is 8.26. The van der Waals surface area contributed by atoms with Gasteiger partial charge in [0.2, 0.25) is 0 Å². The van der Waals surface area contributed by atoms with Gasteiger partial charge in [-0.15, -0.1) is 0 Å². The molecule has 0 spiro atoms. The van der Waals surface area contributed by atoms with Gasteiger partial charge in [0, 0.05) is 11.8 Å². The second kappa shape index (κ2) is 3.30. The SMILES string of the molecule is C[14C](=O)c1ccc(S(C)(=O)=O)cc1. The number of rotatable bonds is 2. The summed E-state index contributed by atoms with van der Waals surface area (Å²) in [4.78, 5) is 11.1. The van der Waals surface area contributed by atoms with Gasteiger partial charge in [-0.1, -0.05) is 12.1 Å². The smallest absolute Gasteiger partial charge is 0.175 e. The number of benzene rings is 1. The second-order valence-corrected chi connectivity index (χ2v) is 4.87. The molecule has 0 fully saturated rings. The lowest BCUT2D eigenvalue weighted by Crippen LogP contribution is -1.98. The summed E-state index contributed by atoms with van der Waals surface area (Å²) in [6.07, 6.45) is 1.13. The minimum absolute atomic E-state index is 0.0694. The fourth-order valence-corrected chi connectivity index (χ4v) is 1.57. The quantitative estimate of drug-likeness (QED) is 0.676. The number of sulfone groups is 1. The summed E-state index contributed by atoms with van der Waals surface area (Å²) in [7, 11) is -3.16. The van der Waals surface area contributed by atoms with Crippen LogP contribution in [0.4, 0.5) is 0 Å². The highest BCUT2D eigenvalue weighted by Crippen LogP contribution is 2.10. The fourth-order valence-electron chi connectivity index (χ4n) is 0.937. The Morgan fingerprint density at radius 2 is 1.62 bits per heavy atom. The van der Waals surface area contributed by atoms with Crippen molar-refractivity contribution in [2.24, 2.45) is 0 Å². The lowest BCUT2D eigenvalue weighted by molar-refractivity contribution is 0.101. The third kappa shape index (κ3) is 2.39. The fraction of sp³-hybridized carbons (Fsp3) is 0.222. The van der Waals surface area contributed by atoms with E-state index in [1.54, 1.807) is 0 Å². The van der Waals surface area contributed by atoms with Gasteiger partial charge in [-0.2, -0.15) is 0 Å². The van der Waals surface area contributed by atoms with Crippen molar-refractivity contribution >= 4 is 15.6 Å². The molecule has 0 unspecified atom stereocenters. The number of carbonyl (C=O) groups is 1. The van der Waals surface area contributed by atoms with Gasteiger partial charge in [0.1, 0.15) is 0 Å². The predicted molar refractivity (Wildman–Crippen MR) is 49.6 cm³/mol. The van der Waals surface area contributed by atoms with Crippen molar-refractivity contribution in [2.45, 2.75) is 11.8 Å². The highest BCUT2D eigenvalue weighted by molar-refractivity contribution is 7.90. The second-order valence-electron chi connectivity index (χ2n) is 2.85. The van der Waals surface area contributed by atoms with Crippen LogP contribution >= 0.6 is 0 Å². The summed E-state index contributed by atoms with van der Waals surface area (Å²) >= 11 is 0. The van der Waals surface area contributed by atoms with Crippen LogP contribution < -0.4 is 0 Å². The van der Waals surface area contributed by atoms with E-state index in [0.717, 1.165) is 6.26 Å². The molecule has 0 heterocycles. The van der Waals surface area contributed by atoms with Gasteiger partial charge >= 0.3 is 0 Å². The van der Waals surface area contributed by atoms with Crippen LogP contribution in [-0.2, 0) is 9.84 Å². The number of hydrogen-bond donors (Lipinski definition) is 0. The van der Waals surface area contributed by atoms with E-state index in [9.17, 15) is 13.2 Å². The van der Waals surface area contributed by atoms with Crippen molar-refractivity contribution in [3.05, 3.63) is 29.8 Å². The molecule has 1 rings (SSSR count). The van der Waals surface area contributed by atoms with Crippen molar-refractivity contribution in [1.29, 1.82) is 0 Å². The molecule has 0 aliphatic heterocycles. The summed E-state index contributed by atoms with van der Waals surface area (Å²) in [5.41, 5.74) is 0.521. The average molecular weight is 200 g/mol. The Labute approximate surface area is 77.3 Å². The number of Topliss-reactive ketones (excluding diaryl/α,β-unsaturated/α-hetero) is 1. The molecular weight excluding hydrogens is 190 g/mol. The van der Waals surface area contributed by atoms with Gasteiger partial charge in [0.15, 0.2) is 15.6 Å². The molecule has 3 nitrogen and oxygen atoms in total. The number of ketones is 1. The maximum atomic E-state index is 11.0. The van der Waals surface area contributed by atoms with Crippen LogP contribution in [0.25, 0.3) is 0 Å². The first kappa shape index (κ1) is 9.92. The molecule has 0 N–H and O–H groups in total. The van der Waals surface area contributed by atoms with Crippen molar-refractivity contribution in [3.8, 4) is 0 Å². The van der Waals surface area contributed by atoms with E-state index in [1.807, 2.05) is 0 Å². The van der Waals surface area contributed by atoms with Gasteiger partial charge in [-0.3, -0.25) is 4.79 Å². The maximum Gasteiger partial charge on any atom is 0.175 e. The lowest BCUT2D eigenvalue weighted by atomic mass is 10.3. The van der Waals surface area contributed by atoms with E-state index in [4.69, 9.17) is 0 Å². The zero-order chi connectivity index (χ0) is 10.1. The average Bonchev–Trinajstić information content (AvgIpc) is 2.03. The number of carbonyl (C=O) groups excluding carboxylic acids is 1. The highest BCUT2D eigenvalue weighted by atomic mass is 32.2. The minimum Gasteiger partial charge on any atom is -0.295 e. The van der Waals surface area contributed by atoms with Gasteiger partial charge in [-0.05, 0) is 19.1 Å². The Morgan fingerprint density at radius 3 is 1.92 bits per heavy atom. The van der Waals surface area contributed by atoms with E-state index in [1.165, 1.54) is 31.2 Å². The molecule has 0 aliphatic rings. The Hall–Kier alpha value is -1.16. The maximum absolute atomic E-state index is 11.0. The third-order valence-corrected chi connectivity index (χ3v) is 2.82. The highest BCUT2D eigenvalue weighted by Gasteiger charge is 2.06. The summed E-state index contributed by atoms with van der Waals surface area (Å²) in [5, 5.41) is 0. The Bertz CT molecular complexity index is 415. The summed E-state index contributed by atoms with van der Waals surface area (Å²) < 4.78 is 22.1. The molecule has 0 bridgehead atoms. The van der Waals surface area contributed by atoms with Crippen LogP contribution in [0.1, 0.15) is 17.3 Å². The van der Waals surface area contributed by atoms with E-state index in [0.29, 0.717) is 5.56 Å². The Morgan fingerprint density at radius 1 is 1.15 bits per heavy atom. The molecule has 0 aromatic heterocycles. The molecule has 1 aromatic rings. The van der Waals surface area contributed by atoms with Crippen LogP contribution in [0.2, 0.25) is 0 Å². The molecule has 13 heavy (non-hydrogen) atoms. The summed E-state index contributed by atoms with van der Waals surface area (Å²) in [5.74, 6) is -0.0694. The van der Waals surface area contributed by atoms with Crippen molar-refractivity contribution in [3.63, 3.8) is 0 Å². The summed E-state index contributed by atoms with van der Waals surface area (Å²) in [6.45, 7) is 1.44. The van der Waals surface area contributed by atoms with Gasteiger partial charge < -0.3 is 0 Å². The molecule has 70 valence electrons. The van der Waals surface area contributed by atoms with Crippen LogP contribution in [-0.4, -0.2) is 20.5 Å². The van der Waals surface area contributed by atoms with Gasteiger partial charge in [0.25, 0.3) is 0 Å². The van der Waals surface area contributed by atoms with E-state index < -0.39 is 9.84 Å². The molecule has 0 aliphatic carbocycles. The number of hydrogen-bond acceptors (Lipinski definition) is 3. The lowest BCUT2D eigenvalue weighted by Gasteiger charge is -1.98. The molecule has 4 heteroatoms. The largest absolute Gasteiger partial charge is 0.295 e. The van der Waals surface area contributed by atoms with Crippen LogP contribution in [0.15, 0.2) is 29.2 Å². The van der Waals surface area contributed by atoms with Crippen molar-refractivity contribution < 1.29 is 13.2 Å². The first-order valence-corrected chi connectivity index (χ1v) is 5.61. The Kier molecular flexibility index (Phi) is 2.52. The molecular formula is C9H10O3S. The van der Waals surface area contributed by atoms with E-state index >= 15 is 0 Å². The summed E-state index contributed by atoms with van der Waals surface area (Å²) in [6, 6.07) is 5.90. The zero-order valence-electron chi connectivity index (χ0n) is 7.44. The van der Waals surface area contributed by atoms with Gasteiger partial charge in [-0.25, -0.2) is 8.42 Å². The van der Waals surface area contributed by atoms with Crippen LogP contribution in [0, 0.1) is 0 Å². The van der Waals surface area contributed by atoms with Crippen molar-refractivity contribution in [2.75, 3.05) is 6.26 Å². The molecule has 0 radical (unpaired) electrons. The standard InChI is InChI=1S/C9H10O3S/c1-7(10)8-3-5-9(6-4-8)13(2,11)12/h3-6H,1-2H3/i7+2. The molecule has 0 saturated heterocycles. The third-order valence-electron chi connectivity index (χ3n) is 1.69. The normalized spacial score (nSPS) is 11.2. The topological polar surface area (TPSA) is 51.2 Å². The predicted octanol–water partition coefficient (Wildman–Crippen LogP) is 1.29. The molecule has 0 atom stereocenters. The van der Waals surface area contributed by atoms with Crippen molar-refractivity contribution in [1.82, 2.24) is 0 Å². The monoisotopic (exact) mass is 200 g/mol. The Balaban J connectivity index is 3.16. The first-order valence-electron chi connectivity index (χ1n) is 3.72. The van der Waals surface area contributed by atoms with Crippen LogP contribution in [0.5, 0.6) is 0 Å². The molecule has 0 saturated carbocycles. The molecule has 0 amide bonds.